The minimum atomic E-state index is -0.969. The first-order valence-corrected chi connectivity index (χ1v) is 23.2. The van der Waals surface area contributed by atoms with Crippen LogP contribution in [-0.2, 0) is 31.1 Å². The molecule has 2 N–H and O–H groups in total. The van der Waals surface area contributed by atoms with E-state index in [0.717, 1.165) is 86.0 Å². The summed E-state index contributed by atoms with van der Waals surface area (Å²) in [5, 5.41) is 5.53. The van der Waals surface area contributed by atoms with Crippen molar-refractivity contribution >= 4 is 41.0 Å². The van der Waals surface area contributed by atoms with E-state index >= 15 is 0 Å². The van der Waals surface area contributed by atoms with E-state index in [-0.39, 0.29) is 34.8 Å². The van der Waals surface area contributed by atoms with Gasteiger partial charge in [0.1, 0.15) is 29.9 Å². The Hall–Kier alpha value is -6.15. The maximum absolute atomic E-state index is 13.1. The summed E-state index contributed by atoms with van der Waals surface area (Å²) in [6.07, 6.45) is 11.9. The number of nitrogens with zero attached hydrogens (tertiary/aromatic N) is 4. The molecule has 14 nitrogen and oxygen atoms in total. The van der Waals surface area contributed by atoms with Crippen molar-refractivity contribution in [3.05, 3.63) is 107 Å². The molecule has 3 fully saturated rings. The second kappa shape index (κ2) is 20.4. The third-order valence-electron chi connectivity index (χ3n) is 13.2. The van der Waals surface area contributed by atoms with Gasteiger partial charge in [0.15, 0.2) is 0 Å². The van der Waals surface area contributed by atoms with E-state index in [1.807, 2.05) is 18.2 Å². The lowest BCUT2D eigenvalue weighted by Crippen LogP contribution is -2.63. The Morgan fingerprint density at radius 2 is 1.37 bits per heavy atom. The Bertz CT molecular complexity index is 2350. The van der Waals surface area contributed by atoms with E-state index < -0.39 is 29.7 Å². The topological polar surface area (TPSA) is 169 Å². The normalized spacial score (nSPS) is 17.8. The van der Waals surface area contributed by atoms with Crippen LogP contribution in [0.15, 0.2) is 79.0 Å². The molecule has 1 unspecified atom stereocenters. The highest BCUT2D eigenvalue weighted by Crippen LogP contribution is 2.46. The van der Waals surface area contributed by atoms with Gasteiger partial charge in [0.05, 0.1) is 23.4 Å². The van der Waals surface area contributed by atoms with Gasteiger partial charge in [0, 0.05) is 74.8 Å². The monoisotopic (exact) mass is 884 g/mol. The molecular formula is C51H60N6O8. The van der Waals surface area contributed by atoms with Crippen molar-refractivity contribution in [2.45, 2.75) is 109 Å². The SMILES string of the molecule is CC(C)(c1ccc(OCCCCCCCCOCCCCNc2ccc3c(c2)C(=O)N(C2CCC(=O)NC2=O)C3=O)cc1)c1ccc(OCc2ccnc(N3CC4(CC(=O)C4)C3)n2)cc1. The number of piperidine rings is 1. The highest BCUT2D eigenvalue weighted by molar-refractivity contribution is 6.23. The van der Waals surface area contributed by atoms with Gasteiger partial charge in [-0.05, 0) is 91.8 Å². The van der Waals surface area contributed by atoms with Gasteiger partial charge < -0.3 is 24.4 Å². The zero-order valence-electron chi connectivity index (χ0n) is 37.6. The summed E-state index contributed by atoms with van der Waals surface area (Å²) < 4.78 is 18.0. The van der Waals surface area contributed by atoms with Crippen LogP contribution in [0.25, 0.3) is 0 Å². The molecule has 1 atom stereocenters. The number of rotatable bonds is 23. The second-order valence-corrected chi connectivity index (χ2v) is 18.5. The smallest absolute Gasteiger partial charge is 0.262 e. The molecule has 1 aromatic heterocycles. The van der Waals surface area contributed by atoms with Crippen molar-refractivity contribution in [3.63, 3.8) is 0 Å². The van der Waals surface area contributed by atoms with Crippen LogP contribution in [0.4, 0.5) is 11.6 Å². The zero-order valence-corrected chi connectivity index (χ0v) is 37.6. The molecule has 0 bridgehead atoms. The van der Waals surface area contributed by atoms with Crippen LogP contribution in [0.2, 0.25) is 0 Å². The van der Waals surface area contributed by atoms with Gasteiger partial charge in [-0.15, -0.1) is 0 Å². The van der Waals surface area contributed by atoms with E-state index in [1.54, 1.807) is 24.4 Å². The maximum atomic E-state index is 13.1. The van der Waals surface area contributed by atoms with Crippen LogP contribution < -0.4 is 25.0 Å². The number of carbonyl (C=O) groups excluding carboxylic acids is 5. The van der Waals surface area contributed by atoms with Gasteiger partial charge in [-0.2, -0.15) is 0 Å². The highest BCUT2D eigenvalue weighted by Gasteiger charge is 2.53. The Kier molecular flexibility index (Phi) is 14.2. The Morgan fingerprint density at radius 3 is 2.05 bits per heavy atom. The maximum Gasteiger partial charge on any atom is 0.262 e. The lowest BCUT2D eigenvalue weighted by atomic mass is 9.63. The van der Waals surface area contributed by atoms with Gasteiger partial charge in [-0.1, -0.05) is 63.8 Å². The summed E-state index contributed by atoms with van der Waals surface area (Å²) in [4.78, 5) is 73.5. The third-order valence-corrected chi connectivity index (χ3v) is 13.2. The first-order chi connectivity index (χ1) is 31.5. The Balaban J connectivity index is 0.636. The van der Waals surface area contributed by atoms with Crippen LogP contribution in [0.5, 0.6) is 11.5 Å². The summed E-state index contributed by atoms with van der Waals surface area (Å²) in [5.74, 6) is 0.720. The third kappa shape index (κ3) is 10.9. The van der Waals surface area contributed by atoms with Crippen LogP contribution in [-0.4, -0.2) is 89.8 Å². The summed E-state index contributed by atoms with van der Waals surface area (Å²) in [5.41, 5.74) is 4.47. The van der Waals surface area contributed by atoms with E-state index in [0.29, 0.717) is 50.9 Å². The highest BCUT2D eigenvalue weighted by atomic mass is 16.5. The number of Topliss-reactive ketones (excluding diaryl/α,β-unsaturated/α-hetero) is 1. The van der Waals surface area contributed by atoms with Crippen LogP contribution >= 0.6 is 0 Å². The number of amides is 4. The second-order valence-electron chi connectivity index (χ2n) is 18.5. The van der Waals surface area contributed by atoms with E-state index in [1.165, 1.54) is 24.0 Å². The van der Waals surface area contributed by atoms with Crippen molar-refractivity contribution in [3.8, 4) is 11.5 Å². The first kappa shape index (κ1) is 45.4. The number of imide groups is 2. The number of benzene rings is 3. The molecule has 0 radical (unpaired) electrons. The van der Waals surface area contributed by atoms with Crippen LogP contribution in [0.3, 0.4) is 0 Å². The molecule has 3 aromatic carbocycles. The molecule has 1 saturated carbocycles. The molecule has 342 valence electrons. The van der Waals surface area contributed by atoms with E-state index in [9.17, 15) is 24.0 Å². The zero-order chi connectivity index (χ0) is 45.4. The number of fused-ring (bicyclic) bond motifs is 1. The molecule has 8 rings (SSSR count). The molecule has 4 aliphatic rings. The summed E-state index contributed by atoms with van der Waals surface area (Å²) in [6.45, 7) is 9.36. The molecule has 4 aromatic rings. The van der Waals surface area contributed by atoms with Gasteiger partial charge in [-0.25, -0.2) is 9.97 Å². The molecule has 1 aliphatic carbocycles. The Morgan fingerprint density at radius 1 is 0.738 bits per heavy atom. The lowest BCUT2D eigenvalue weighted by molar-refractivity contribution is -0.136. The van der Waals surface area contributed by atoms with Crippen LogP contribution in [0, 0.1) is 5.41 Å². The van der Waals surface area contributed by atoms with Crippen molar-refractivity contribution in [1.82, 2.24) is 20.2 Å². The van der Waals surface area contributed by atoms with Crippen molar-refractivity contribution in [1.29, 1.82) is 0 Å². The van der Waals surface area contributed by atoms with Crippen molar-refractivity contribution in [2.24, 2.45) is 5.41 Å². The fraction of sp³-hybridized carbons (Fsp3) is 0.471. The minimum absolute atomic E-state index is 0.0924. The van der Waals surface area contributed by atoms with E-state index in [4.69, 9.17) is 19.2 Å². The molecular weight excluding hydrogens is 825 g/mol. The van der Waals surface area contributed by atoms with Gasteiger partial charge in [-0.3, -0.25) is 34.2 Å². The van der Waals surface area contributed by atoms with Crippen molar-refractivity contribution in [2.75, 3.05) is 49.7 Å². The van der Waals surface area contributed by atoms with E-state index in [2.05, 4.69) is 70.8 Å². The summed E-state index contributed by atoms with van der Waals surface area (Å²) >= 11 is 0. The number of carbonyl (C=O) groups is 5. The molecule has 4 amide bonds. The minimum Gasteiger partial charge on any atom is -0.494 e. The number of ketones is 1. The predicted molar refractivity (Wildman–Crippen MR) is 245 cm³/mol. The first-order valence-electron chi connectivity index (χ1n) is 23.2. The number of ether oxygens (including phenoxy) is 3. The fourth-order valence-corrected chi connectivity index (χ4v) is 9.24. The van der Waals surface area contributed by atoms with Gasteiger partial charge in [0.2, 0.25) is 17.8 Å². The quantitative estimate of drug-likeness (QED) is 0.0554. The molecule has 4 heterocycles. The fourth-order valence-electron chi connectivity index (χ4n) is 9.24. The molecule has 2 saturated heterocycles. The summed E-state index contributed by atoms with van der Waals surface area (Å²) in [7, 11) is 0. The number of nitrogens with one attached hydrogen (secondary N) is 2. The average Bonchev–Trinajstić information content (AvgIpc) is 3.52. The Labute approximate surface area is 380 Å². The largest absolute Gasteiger partial charge is 0.494 e. The lowest BCUT2D eigenvalue weighted by Gasteiger charge is -2.54. The predicted octanol–water partition coefficient (Wildman–Crippen LogP) is 7.58. The van der Waals surface area contributed by atoms with Gasteiger partial charge >= 0.3 is 0 Å². The molecule has 3 aliphatic heterocycles. The number of anilines is 2. The molecule has 65 heavy (non-hydrogen) atoms. The van der Waals surface area contributed by atoms with Crippen LogP contribution in [0.1, 0.15) is 128 Å². The standard InChI is InChI=1S/C51H60N6O8/c1-50(2,36-13-18-41(19-14-36)65-32-38-23-25-53-49(54-38)56-33-51(34-56)30-39(58)31-51)35-11-16-40(17-12-35)64-28-9-6-4-3-5-8-26-63-27-10-7-24-52-37-15-20-42-43(29-37)48(62)57(47(42)61)44-21-22-45(59)55-46(44)60/h11-20,23,25,29,44,52H,3-10,21-22,24,26-28,30-34H2,1-2H3,(H,55,59,60). The number of unbranched alkanes of at least 4 members (excludes halogenated alkanes) is 6. The van der Waals surface area contributed by atoms with Crippen molar-refractivity contribution < 1.29 is 38.2 Å². The molecule has 1 spiro atoms. The number of hydrogen-bond acceptors (Lipinski definition) is 12. The molecule has 14 heteroatoms. The number of hydrogen-bond donors (Lipinski definition) is 2. The van der Waals surface area contributed by atoms with Gasteiger partial charge in [0.25, 0.3) is 11.8 Å². The summed E-state index contributed by atoms with van der Waals surface area (Å²) in [6, 6.07) is 22.7. The number of aromatic nitrogens is 2. The average molecular weight is 885 g/mol.